The first-order valence-electron chi connectivity index (χ1n) is 13.6. The molecule has 0 bridgehead atoms. The fraction of sp³-hybridized carbons (Fsp3) is 0.567. The number of Topliss-reactive ketones (excluding diaryl/α,β-unsaturated/α-hetero) is 3. The molecule has 2 saturated carbocycles. The number of anilines is 1. The minimum absolute atomic E-state index is 0.0400. The number of fused-ring (bicyclic) bond motifs is 3. The van der Waals surface area contributed by atoms with Gasteiger partial charge in [0.2, 0.25) is 5.78 Å². The number of hydrogen-bond donors (Lipinski definition) is 4. The van der Waals surface area contributed by atoms with Crippen molar-refractivity contribution >= 4 is 28.8 Å². The van der Waals surface area contributed by atoms with Gasteiger partial charge in [0.05, 0.1) is 11.6 Å². The summed E-state index contributed by atoms with van der Waals surface area (Å²) in [6.45, 7) is 1.98. The smallest absolute Gasteiger partial charge is 0.202 e. The quantitative estimate of drug-likeness (QED) is 0.417. The van der Waals surface area contributed by atoms with Gasteiger partial charge in [0.15, 0.2) is 17.2 Å². The molecule has 4 aliphatic carbocycles. The van der Waals surface area contributed by atoms with Gasteiger partial charge in [0, 0.05) is 37.7 Å². The number of nitrogens with zero attached hydrogens (tertiary/aromatic N) is 2. The number of aliphatic hydroxyl groups is 3. The van der Waals surface area contributed by atoms with Crippen LogP contribution in [0.15, 0.2) is 29.0 Å². The molecule has 210 valence electrons. The monoisotopic (exact) mass is 538 g/mol. The van der Waals surface area contributed by atoms with Crippen LogP contribution in [0.5, 0.6) is 5.75 Å². The predicted octanol–water partition coefficient (Wildman–Crippen LogP) is 3.08. The highest BCUT2D eigenvalue weighted by atomic mass is 16.3. The van der Waals surface area contributed by atoms with Crippen molar-refractivity contribution in [2.45, 2.75) is 63.5 Å². The summed E-state index contributed by atoms with van der Waals surface area (Å²) < 4.78 is 0. The molecule has 5 rings (SSSR count). The lowest BCUT2D eigenvalue weighted by molar-refractivity contribution is -0.153. The first-order chi connectivity index (χ1) is 18.2. The zero-order valence-corrected chi connectivity index (χ0v) is 23.2. The Balaban J connectivity index is 1.67. The maximum Gasteiger partial charge on any atom is 0.202 e. The molecule has 39 heavy (non-hydrogen) atoms. The summed E-state index contributed by atoms with van der Waals surface area (Å²) in [6, 6.07) is 2.15. The van der Waals surface area contributed by atoms with E-state index in [1.807, 2.05) is 25.9 Å². The van der Waals surface area contributed by atoms with Crippen LogP contribution in [0.2, 0.25) is 0 Å². The molecule has 4 N–H and O–H groups in total. The van der Waals surface area contributed by atoms with Crippen LogP contribution in [-0.2, 0) is 20.8 Å². The second-order valence-corrected chi connectivity index (χ2v) is 12.6. The van der Waals surface area contributed by atoms with Crippen molar-refractivity contribution in [2.24, 2.45) is 17.3 Å². The van der Waals surface area contributed by atoms with Gasteiger partial charge in [-0.1, -0.05) is 19.8 Å². The third-order valence-corrected chi connectivity index (χ3v) is 9.49. The molecule has 9 heteroatoms. The third kappa shape index (κ3) is 3.92. The molecule has 4 aliphatic rings. The SMILES string of the molecule is CN(C)c1ccc(O)c2c1CC1CC3C(N(C)C)C(=O)C(C(=O)CC4(C)CCCC4)=C(O)C3(O)C(=O)C1=C2O. The summed E-state index contributed by atoms with van der Waals surface area (Å²) in [7, 11) is 6.97. The number of aromatic hydroxyl groups is 1. The van der Waals surface area contributed by atoms with Gasteiger partial charge in [-0.2, -0.15) is 0 Å². The molecule has 2 fully saturated rings. The van der Waals surface area contributed by atoms with Crippen LogP contribution in [0, 0.1) is 17.3 Å². The Morgan fingerprint density at radius 2 is 1.69 bits per heavy atom. The first kappa shape index (κ1) is 27.4. The Hall–Kier alpha value is -3.17. The van der Waals surface area contributed by atoms with Crippen molar-refractivity contribution in [1.82, 2.24) is 4.90 Å². The number of phenolic OH excluding ortho intramolecular Hbond substituents is 1. The number of ketones is 3. The first-order valence-corrected chi connectivity index (χ1v) is 13.6. The van der Waals surface area contributed by atoms with Crippen LogP contribution >= 0.6 is 0 Å². The zero-order chi connectivity index (χ0) is 28.6. The Labute approximate surface area is 228 Å². The van der Waals surface area contributed by atoms with Gasteiger partial charge in [0.25, 0.3) is 0 Å². The number of hydrogen-bond acceptors (Lipinski definition) is 9. The van der Waals surface area contributed by atoms with Crippen LogP contribution in [-0.4, -0.2) is 82.5 Å². The highest BCUT2D eigenvalue weighted by Crippen LogP contribution is 2.54. The Bertz CT molecular complexity index is 1330. The van der Waals surface area contributed by atoms with E-state index < -0.39 is 57.9 Å². The Kier molecular flexibility index (Phi) is 6.46. The number of likely N-dealkylation sites (N-methyl/N-ethyl adjacent to an activating group) is 1. The van der Waals surface area contributed by atoms with Crippen molar-refractivity contribution in [1.29, 1.82) is 0 Å². The molecule has 4 unspecified atom stereocenters. The number of aliphatic hydroxyl groups excluding tert-OH is 2. The van der Waals surface area contributed by atoms with Crippen molar-refractivity contribution in [3.63, 3.8) is 0 Å². The van der Waals surface area contributed by atoms with E-state index in [-0.39, 0.29) is 41.6 Å². The van der Waals surface area contributed by atoms with Gasteiger partial charge in [-0.05, 0) is 68.8 Å². The second-order valence-electron chi connectivity index (χ2n) is 12.6. The van der Waals surface area contributed by atoms with Gasteiger partial charge in [-0.25, -0.2) is 0 Å². The molecule has 0 aromatic heterocycles. The summed E-state index contributed by atoms with van der Waals surface area (Å²) in [5.41, 5.74) is -1.93. The van der Waals surface area contributed by atoms with Gasteiger partial charge < -0.3 is 25.3 Å². The van der Waals surface area contributed by atoms with E-state index in [4.69, 9.17) is 0 Å². The maximum atomic E-state index is 14.1. The highest BCUT2D eigenvalue weighted by molar-refractivity contribution is 6.25. The molecular formula is C30H38N2O7. The predicted molar refractivity (Wildman–Crippen MR) is 146 cm³/mol. The molecule has 0 spiro atoms. The molecule has 0 amide bonds. The summed E-state index contributed by atoms with van der Waals surface area (Å²) in [4.78, 5) is 44.9. The molecule has 1 aromatic rings. The minimum Gasteiger partial charge on any atom is -0.508 e. The zero-order valence-electron chi connectivity index (χ0n) is 23.2. The van der Waals surface area contributed by atoms with Crippen molar-refractivity contribution in [3.05, 3.63) is 40.2 Å². The lowest BCUT2D eigenvalue weighted by Crippen LogP contribution is -2.65. The molecule has 0 aliphatic heterocycles. The molecule has 4 atom stereocenters. The average molecular weight is 539 g/mol. The van der Waals surface area contributed by atoms with Gasteiger partial charge in [0.1, 0.15) is 22.8 Å². The van der Waals surface area contributed by atoms with E-state index in [9.17, 15) is 34.8 Å². The molecule has 0 heterocycles. The van der Waals surface area contributed by atoms with Crippen LogP contribution in [0.3, 0.4) is 0 Å². The van der Waals surface area contributed by atoms with Crippen molar-refractivity contribution in [3.8, 4) is 5.75 Å². The summed E-state index contributed by atoms with van der Waals surface area (Å²) in [6.07, 6.45) is 4.05. The van der Waals surface area contributed by atoms with Crippen LogP contribution in [0.4, 0.5) is 5.69 Å². The minimum atomic E-state index is -2.56. The van der Waals surface area contributed by atoms with Gasteiger partial charge in [-0.15, -0.1) is 0 Å². The topological polar surface area (TPSA) is 139 Å². The van der Waals surface area contributed by atoms with E-state index in [0.29, 0.717) is 5.56 Å². The van der Waals surface area contributed by atoms with Crippen molar-refractivity contribution < 1.29 is 34.8 Å². The normalized spacial score (nSPS) is 29.9. The maximum absolute atomic E-state index is 14.1. The molecule has 9 nitrogen and oxygen atoms in total. The largest absolute Gasteiger partial charge is 0.508 e. The van der Waals surface area contributed by atoms with E-state index in [2.05, 4.69) is 0 Å². The second kappa shape index (κ2) is 9.20. The summed E-state index contributed by atoms with van der Waals surface area (Å²) in [5.74, 6) is -5.26. The van der Waals surface area contributed by atoms with Crippen LogP contribution < -0.4 is 4.90 Å². The Morgan fingerprint density at radius 3 is 2.28 bits per heavy atom. The average Bonchev–Trinajstić information content (AvgIpc) is 3.26. The fourth-order valence-electron chi connectivity index (χ4n) is 7.56. The van der Waals surface area contributed by atoms with E-state index in [0.717, 1.165) is 31.4 Å². The highest BCUT2D eigenvalue weighted by Gasteiger charge is 2.64. The lowest BCUT2D eigenvalue weighted by atomic mass is 9.57. The fourth-order valence-corrected chi connectivity index (χ4v) is 7.56. The number of phenols is 1. The van der Waals surface area contributed by atoms with Gasteiger partial charge in [-0.3, -0.25) is 19.3 Å². The molecule has 0 radical (unpaired) electrons. The summed E-state index contributed by atoms with van der Waals surface area (Å²) >= 11 is 0. The lowest BCUT2D eigenvalue weighted by Gasteiger charge is -2.50. The van der Waals surface area contributed by atoms with Crippen LogP contribution in [0.25, 0.3) is 5.76 Å². The van der Waals surface area contributed by atoms with Crippen LogP contribution in [0.1, 0.15) is 56.6 Å². The molecule has 1 aromatic carbocycles. The van der Waals surface area contributed by atoms with Gasteiger partial charge >= 0.3 is 0 Å². The van der Waals surface area contributed by atoms with E-state index in [1.54, 1.807) is 25.1 Å². The molecule has 0 saturated heterocycles. The Morgan fingerprint density at radius 1 is 1.05 bits per heavy atom. The number of rotatable bonds is 5. The van der Waals surface area contributed by atoms with Crippen molar-refractivity contribution in [2.75, 3.05) is 33.1 Å². The number of carbonyl (C=O) groups is 3. The number of benzene rings is 1. The molecular weight excluding hydrogens is 500 g/mol. The standard InChI is InChI=1S/C30H38N2O7/c1-29(10-6-7-11-29)14-20(34)23-26(36)24(32(4)5)17-13-15-12-16-18(31(2)3)8-9-19(33)22(16)25(35)21(15)27(37)30(17,39)28(23)38/h8-9,15,17,24,33,35,38-39H,6-7,10-14H2,1-5H3. The number of carbonyl (C=O) groups excluding carboxylic acids is 3. The summed E-state index contributed by atoms with van der Waals surface area (Å²) in [5, 5.41) is 45.4. The van der Waals surface area contributed by atoms with E-state index >= 15 is 0 Å². The third-order valence-electron chi connectivity index (χ3n) is 9.49. The van der Waals surface area contributed by atoms with E-state index in [1.165, 1.54) is 6.07 Å².